The summed E-state index contributed by atoms with van der Waals surface area (Å²) in [5.74, 6) is -2.02. The predicted molar refractivity (Wildman–Crippen MR) is 99.3 cm³/mol. The normalized spacial score (nSPS) is 33.2. The van der Waals surface area contributed by atoms with Gasteiger partial charge >= 0.3 is 0 Å². The van der Waals surface area contributed by atoms with Gasteiger partial charge in [-0.1, -0.05) is 0 Å². The Balaban J connectivity index is 1.42. The molecule has 0 spiro atoms. The van der Waals surface area contributed by atoms with Crippen LogP contribution in [-0.2, 0) is 16.1 Å². The van der Waals surface area contributed by atoms with Crippen LogP contribution in [-0.4, -0.2) is 54.6 Å². The van der Waals surface area contributed by atoms with Gasteiger partial charge < -0.3 is 15.5 Å². The quantitative estimate of drug-likeness (QED) is 0.582. The van der Waals surface area contributed by atoms with Crippen LogP contribution < -0.4 is 10.6 Å². The zero-order valence-electron chi connectivity index (χ0n) is 15.9. The first-order valence-corrected chi connectivity index (χ1v) is 10.2. The van der Waals surface area contributed by atoms with Crippen LogP contribution in [0.2, 0.25) is 0 Å². The van der Waals surface area contributed by atoms with E-state index in [0.717, 1.165) is 25.1 Å². The highest BCUT2D eigenvalue weighted by Crippen LogP contribution is 2.52. The van der Waals surface area contributed by atoms with E-state index in [1.165, 1.54) is 6.07 Å². The highest BCUT2D eigenvalue weighted by Gasteiger charge is 2.48. The number of ketones is 1. The highest BCUT2D eigenvalue weighted by molar-refractivity contribution is 6.27. The molecule has 4 unspecified atom stereocenters. The Bertz CT molecular complexity index is 884. The van der Waals surface area contributed by atoms with Gasteiger partial charge in [0.05, 0.1) is 11.6 Å². The lowest BCUT2D eigenvalue weighted by Crippen LogP contribution is -2.52. The molecule has 0 radical (unpaired) electrons. The van der Waals surface area contributed by atoms with E-state index in [-0.39, 0.29) is 24.1 Å². The molecule has 1 saturated carbocycles. The number of carbonyl (C=O) groups is 3. The minimum atomic E-state index is -1.06. The van der Waals surface area contributed by atoms with E-state index in [1.54, 1.807) is 4.90 Å². The van der Waals surface area contributed by atoms with E-state index in [4.69, 9.17) is 0 Å². The molecule has 3 aliphatic heterocycles. The van der Waals surface area contributed by atoms with Crippen LogP contribution in [0, 0.1) is 23.5 Å². The number of piperidine rings is 3. The molecule has 29 heavy (non-hydrogen) atoms. The molecule has 1 aromatic carbocycles. The number of hydrogen-bond acceptors (Lipinski definition) is 5. The SMILES string of the molecule is O=CC(=O)C1CCC(N2Cc3c(C4C5CNCC4C5)cc(F)c(F)c3C2=O)CN1. The summed E-state index contributed by atoms with van der Waals surface area (Å²) in [7, 11) is 0. The molecule has 1 aliphatic carbocycles. The van der Waals surface area contributed by atoms with Gasteiger partial charge in [-0.3, -0.25) is 14.4 Å². The molecule has 1 aromatic rings. The van der Waals surface area contributed by atoms with Crippen molar-refractivity contribution in [1.29, 1.82) is 0 Å². The molecule has 8 heteroatoms. The van der Waals surface area contributed by atoms with Gasteiger partial charge in [0.25, 0.3) is 5.91 Å². The molecule has 6 nitrogen and oxygen atoms in total. The van der Waals surface area contributed by atoms with Gasteiger partial charge in [0, 0.05) is 19.1 Å². The summed E-state index contributed by atoms with van der Waals surface area (Å²) in [5, 5.41) is 6.37. The Hall–Kier alpha value is -2.19. The van der Waals surface area contributed by atoms with Crippen LogP contribution in [0.5, 0.6) is 0 Å². The van der Waals surface area contributed by atoms with E-state index >= 15 is 0 Å². The van der Waals surface area contributed by atoms with Gasteiger partial charge in [0.1, 0.15) is 0 Å². The Labute approximate surface area is 167 Å². The molecular formula is C21H23F2N3O3. The minimum absolute atomic E-state index is 0.121. The van der Waals surface area contributed by atoms with E-state index in [0.29, 0.717) is 43.1 Å². The summed E-state index contributed by atoms with van der Waals surface area (Å²) in [6.07, 6.45) is 2.37. The second-order valence-electron chi connectivity index (χ2n) is 8.70. The van der Waals surface area contributed by atoms with Crippen LogP contribution >= 0.6 is 0 Å². The maximum atomic E-state index is 14.6. The molecule has 3 heterocycles. The molecule has 1 amide bonds. The number of aldehydes is 1. The van der Waals surface area contributed by atoms with Gasteiger partial charge in [-0.25, -0.2) is 8.78 Å². The fourth-order valence-electron chi connectivity index (χ4n) is 5.74. The lowest BCUT2D eigenvalue weighted by atomic mass is 9.59. The average Bonchev–Trinajstić information content (AvgIpc) is 3.09. The third kappa shape index (κ3) is 2.84. The number of halogens is 2. The van der Waals surface area contributed by atoms with Crippen LogP contribution in [0.1, 0.15) is 46.7 Å². The highest BCUT2D eigenvalue weighted by atomic mass is 19.2. The number of benzene rings is 1. The van der Waals surface area contributed by atoms with Crippen molar-refractivity contribution in [2.75, 3.05) is 19.6 Å². The van der Waals surface area contributed by atoms with Crippen molar-refractivity contribution in [2.45, 2.75) is 43.8 Å². The van der Waals surface area contributed by atoms with Crippen molar-refractivity contribution >= 4 is 18.0 Å². The van der Waals surface area contributed by atoms with E-state index in [9.17, 15) is 23.2 Å². The second kappa shape index (κ2) is 6.95. The first kappa shape index (κ1) is 18.8. The third-order valence-corrected chi connectivity index (χ3v) is 7.25. The first-order chi connectivity index (χ1) is 14.0. The summed E-state index contributed by atoms with van der Waals surface area (Å²) in [6.45, 7) is 2.35. The number of carbonyl (C=O) groups excluding carboxylic acids is 3. The smallest absolute Gasteiger partial charge is 0.257 e. The van der Waals surface area contributed by atoms with Gasteiger partial charge in [0.2, 0.25) is 5.78 Å². The molecule has 154 valence electrons. The molecule has 3 fully saturated rings. The number of nitrogens with zero attached hydrogens (tertiary/aromatic N) is 1. The summed E-state index contributed by atoms with van der Waals surface area (Å²) >= 11 is 0. The number of rotatable bonds is 4. The zero-order chi connectivity index (χ0) is 20.3. The summed E-state index contributed by atoms with van der Waals surface area (Å²) in [5.41, 5.74) is 1.29. The molecule has 2 N–H and O–H groups in total. The largest absolute Gasteiger partial charge is 0.330 e. The van der Waals surface area contributed by atoms with Crippen molar-refractivity contribution in [3.05, 3.63) is 34.4 Å². The number of amides is 1. The van der Waals surface area contributed by atoms with Crippen molar-refractivity contribution in [3.8, 4) is 0 Å². The molecule has 5 rings (SSSR count). The molecule has 2 bridgehead atoms. The monoisotopic (exact) mass is 403 g/mol. The average molecular weight is 403 g/mol. The third-order valence-electron chi connectivity index (χ3n) is 7.25. The van der Waals surface area contributed by atoms with Crippen molar-refractivity contribution in [1.82, 2.24) is 15.5 Å². The Morgan fingerprint density at radius 3 is 2.55 bits per heavy atom. The maximum Gasteiger partial charge on any atom is 0.257 e. The molecule has 2 saturated heterocycles. The Morgan fingerprint density at radius 2 is 1.93 bits per heavy atom. The van der Waals surface area contributed by atoms with E-state index in [2.05, 4.69) is 10.6 Å². The van der Waals surface area contributed by atoms with Crippen LogP contribution in [0.4, 0.5) is 8.78 Å². The summed E-state index contributed by atoms with van der Waals surface area (Å²) in [6, 6.07) is 0.553. The first-order valence-electron chi connectivity index (χ1n) is 10.2. The number of fused-ring (bicyclic) bond motifs is 3. The molecule has 4 atom stereocenters. The predicted octanol–water partition coefficient (Wildman–Crippen LogP) is 1.13. The van der Waals surface area contributed by atoms with Gasteiger partial charge in [-0.15, -0.1) is 0 Å². The summed E-state index contributed by atoms with van der Waals surface area (Å²) < 4.78 is 29.0. The standard InChI is InChI=1S/C21H23F2N3O3/c22-15-4-13(18-10-3-11(18)6-24-5-10)14-8-26(21(29)19(14)20(15)23)12-1-2-16(25-7-12)17(28)9-27/h4,9-12,16,18,24-25H,1-3,5-8H2. The molecular weight excluding hydrogens is 380 g/mol. The van der Waals surface area contributed by atoms with Crippen LogP contribution in [0.25, 0.3) is 0 Å². The van der Waals surface area contributed by atoms with Crippen molar-refractivity contribution in [3.63, 3.8) is 0 Å². The molecule has 4 aliphatic rings. The number of hydrogen-bond donors (Lipinski definition) is 2. The number of Topliss-reactive ketones (excluding diaryl/α,β-unsaturated/α-hetero) is 1. The lowest BCUT2D eigenvalue weighted by molar-refractivity contribution is -0.131. The maximum absolute atomic E-state index is 14.6. The topological polar surface area (TPSA) is 78.5 Å². The second-order valence-corrected chi connectivity index (χ2v) is 8.70. The van der Waals surface area contributed by atoms with Gasteiger partial charge in [-0.2, -0.15) is 0 Å². The van der Waals surface area contributed by atoms with Crippen molar-refractivity contribution in [2.24, 2.45) is 11.8 Å². The fourth-order valence-corrected chi connectivity index (χ4v) is 5.74. The minimum Gasteiger partial charge on any atom is -0.330 e. The lowest BCUT2D eigenvalue weighted by Gasteiger charge is -2.50. The van der Waals surface area contributed by atoms with Crippen LogP contribution in [0.15, 0.2) is 6.07 Å². The fraction of sp³-hybridized carbons (Fsp3) is 0.571. The van der Waals surface area contributed by atoms with Gasteiger partial charge in [0.15, 0.2) is 17.9 Å². The summed E-state index contributed by atoms with van der Waals surface area (Å²) in [4.78, 5) is 36.9. The van der Waals surface area contributed by atoms with Gasteiger partial charge in [-0.05, 0) is 67.3 Å². The zero-order valence-corrected chi connectivity index (χ0v) is 15.9. The van der Waals surface area contributed by atoms with Crippen molar-refractivity contribution < 1.29 is 23.2 Å². The Morgan fingerprint density at radius 1 is 1.17 bits per heavy atom. The van der Waals surface area contributed by atoms with E-state index in [1.807, 2.05) is 0 Å². The number of nitrogens with one attached hydrogen (secondary N) is 2. The van der Waals surface area contributed by atoms with Crippen LogP contribution in [0.3, 0.4) is 0 Å². The van der Waals surface area contributed by atoms with E-state index < -0.39 is 29.4 Å². The molecule has 0 aromatic heterocycles. The Kier molecular flexibility index (Phi) is 4.51.